The number of aromatic nitrogens is 2. The predicted octanol–water partition coefficient (Wildman–Crippen LogP) is -0.118. The normalized spacial score (nSPS) is 9.86. The van der Waals surface area contributed by atoms with E-state index in [2.05, 4.69) is 15.5 Å². The van der Waals surface area contributed by atoms with Gasteiger partial charge in [0.25, 0.3) is 0 Å². The predicted molar refractivity (Wildman–Crippen MR) is 54.8 cm³/mol. The summed E-state index contributed by atoms with van der Waals surface area (Å²) in [6.07, 6.45) is 2.03. The molecule has 0 bridgehead atoms. The monoisotopic (exact) mass is 197 g/mol. The van der Waals surface area contributed by atoms with E-state index < -0.39 is 0 Å². The van der Waals surface area contributed by atoms with Gasteiger partial charge in [-0.25, -0.2) is 0 Å². The lowest BCUT2D eigenvalue weighted by atomic mass is 10.3. The van der Waals surface area contributed by atoms with Crippen molar-refractivity contribution in [2.45, 2.75) is 6.42 Å². The lowest BCUT2D eigenvalue weighted by Gasteiger charge is -2.10. The van der Waals surface area contributed by atoms with Crippen LogP contribution in [0.5, 0.6) is 0 Å². The lowest BCUT2D eigenvalue weighted by molar-refractivity contribution is -0.128. The van der Waals surface area contributed by atoms with E-state index in [1.165, 1.54) is 0 Å². The Morgan fingerprint density at radius 1 is 1.71 bits per heavy atom. The number of H-pyrrole nitrogens is 1. The smallest absolute Gasteiger partial charge is 0.223 e. The largest absolute Gasteiger partial charge is 0.382 e. The van der Waals surface area contributed by atoms with E-state index in [1.807, 2.05) is 0 Å². The van der Waals surface area contributed by atoms with Gasteiger partial charge in [-0.3, -0.25) is 9.89 Å². The van der Waals surface area contributed by atoms with Crippen LogP contribution in [0.4, 0.5) is 11.5 Å². The van der Waals surface area contributed by atoms with Crippen LogP contribution in [0.1, 0.15) is 6.42 Å². The fourth-order valence-electron chi connectivity index (χ4n) is 0.965. The molecule has 1 heterocycles. The summed E-state index contributed by atoms with van der Waals surface area (Å²) < 4.78 is 0. The Bertz CT molecular complexity index is 306. The molecule has 0 fully saturated rings. The summed E-state index contributed by atoms with van der Waals surface area (Å²) in [5.41, 5.74) is 6.27. The van der Waals surface area contributed by atoms with E-state index in [4.69, 9.17) is 5.73 Å². The molecule has 0 aromatic carbocycles. The SMILES string of the molecule is CN(C)C(=O)CCNc1cn[nH]c1N. The number of nitrogens with zero attached hydrogens (tertiary/aromatic N) is 2. The van der Waals surface area contributed by atoms with Gasteiger partial charge in [0.2, 0.25) is 5.91 Å². The van der Waals surface area contributed by atoms with Gasteiger partial charge in [-0.15, -0.1) is 0 Å². The van der Waals surface area contributed by atoms with Gasteiger partial charge in [0, 0.05) is 27.1 Å². The minimum atomic E-state index is 0.0829. The van der Waals surface area contributed by atoms with Gasteiger partial charge in [0.15, 0.2) is 0 Å². The van der Waals surface area contributed by atoms with Gasteiger partial charge >= 0.3 is 0 Å². The molecule has 1 rings (SSSR count). The number of nitrogens with two attached hydrogens (primary N) is 1. The molecule has 6 heteroatoms. The summed E-state index contributed by atoms with van der Waals surface area (Å²) in [7, 11) is 3.46. The van der Waals surface area contributed by atoms with Gasteiger partial charge in [-0.2, -0.15) is 5.10 Å². The molecule has 0 unspecified atom stereocenters. The molecule has 0 atom stereocenters. The van der Waals surface area contributed by atoms with Crippen LogP contribution in [0, 0.1) is 0 Å². The van der Waals surface area contributed by atoms with Crippen LogP contribution in [-0.4, -0.2) is 41.6 Å². The maximum Gasteiger partial charge on any atom is 0.223 e. The highest BCUT2D eigenvalue weighted by Gasteiger charge is 2.04. The molecular weight excluding hydrogens is 182 g/mol. The molecule has 0 saturated carbocycles. The fraction of sp³-hybridized carbons (Fsp3) is 0.500. The molecule has 0 spiro atoms. The van der Waals surface area contributed by atoms with Gasteiger partial charge in [-0.1, -0.05) is 0 Å². The first-order valence-corrected chi connectivity index (χ1v) is 4.34. The first-order valence-electron chi connectivity index (χ1n) is 4.34. The van der Waals surface area contributed by atoms with Crippen LogP contribution in [0.2, 0.25) is 0 Å². The number of aromatic amines is 1. The molecular formula is C8H15N5O. The Labute approximate surface area is 82.5 Å². The van der Waals surface area contributed by atoms with E-state index in [1.54, 1.807) is 25.2 Å². The molecule has 1 aromatic rings. The highest BCUT2D eigenvalue weighted by atomic mass is 16.2. The summed E-state index contributed by atoms with van der Waals surface area (Å²) in [5, 5.41) is 9.36. The minimum absolute atomic E-state index is 0.0829. The van der Waals surface area contributed by atoms with Crippen molar-refractivity contribution in [2.24, 2.45) is 0 Å². The average Bonchev–Trinajstić information content (AvgIpc) is 2.51. The molecule has 0 saturated heterocycles. The van der Waals surface area contributed by atoms with Crippen molar-refractivity contribution in [3.63, 3.8) is 0 Å². The number of carbonyl (C=O) groups is 1. The third-order valence-corrected chi connectivity index (χ3v) is 1.82. The van der Waals surface area contributed by atoms with Crippen molar-refractivity contribution in [1.29, 1.82) is 0 Å². The van der Waals surface area contributed by atoms with Crippen LogP contribution in [0.3, 0.4) is 0 Å². The molecule has 0 aliphatic rings. The number of nitrogens with one attached hydrogen (secondary N) is 2. The number of hydrogen-bond acceptors (Lipinski definition) is 4. The Morgan fingerprint density at radius 2 is 2.43 bits per heavy atom. The fourth-order valence-corrected chi connectivity index (χ4v) is 0.965. The maximum atomic E-state index is 11.2. The third kappa shape index (κ3) is 2.65. The Morgan fingerprint density at radius 3 is 2.93 bits per heavy atom. The first kappa shape index (κ1) is 10.4. The molecule has 1 aromatic heterocycles. The molecule has 6 nitrogen and oxygen atoms in total. The van der Waals surface area contributed by atoms with Gasteiger partial charge in [-0.05, 0) is 0 Å². The quantitative estimate of drug-likeness (QED) is 0.628. The minimum Gasteiger partial charge on any atom is -0.382 e. The maximum absolute atomic E-state index is 11.2. The van der Waals surface area contributed by atoms with Crippen LogP contribution >= 0.6 is 0 Å². The molecule has 0 aliphatic carbocycles. The summed E-state index contributed by atoms with van der Waals surface area (Å²) in [4.78, 5) is 12.7. The zero-order chi connectivity index (χ0) is 10.6. The molecule has 0 radical (unpaired) electrons. The van der Waals surface area contributed by atoms with Gasteiger partial charge < -0.3 is 16.0 Å². The Balaban J connectivity index is 2.29. The van der Waals surface area contributed by atoms with Crippen molar-refractivity contribution in [1.82, 2.24) is 15.1 Å². The molecule has 0 aliphatic heterocycles. The van der Waals surface area contributed by atoms with E-state index in [-0.39, 0.29) is 5.91 Å². The molecule has 1 amide bonds. The second-order valence-corrected chi connectivity index (χ2v) is 3.16. The summed E-state index contributed by atoms with van der Waals surface area (Å²) >= 11 is 0. The van der Waals surface area contributed by atoms with Crippen molar-refractivity contribution >= 4 is 17.4 Å². The van der Waals surface area contributed by atoms with Crippen LogP contribution in [-0.2, 0) is 4.79 Å². The van der Waals surface area contributed by atoms with Crippen LogP contribution in [0.25, 0.3) is 0 Å². The standard InChI is InChI=1S/C8H15N5O/c1-13(2)7(14)3-4-10-6-5-11-12-8(6)9/h5,10H,3-4H2,1-2H3,(H3,9,11,12). The Hall–Kier alpha value is -1.72. The number of carbonyl (C=O) groups excluding carboxylic acids is 1. The summed E-state index contributed by atoms with van der Waals surface area (Å²) in [6, 6.07) is 0. The number of hydrogen-bond donors (Lipinski definition) is 3. The lowest BCUT2D eigenvalue weighted by Crippen LogP contribution is -2.23. The van der Waals surface area contributed by atoms with Crippen LogP contribution in [0.15, 0.2) is 6.20 Å². The zero-order valence-corrected chi connectivity index (χ0v) is 8.37. The average molecular weight is 197 g/mol. The highest BCUT2D eigenvalue weighted by molar-refractivity contribution is 5.76. The number of anilines is 2. The molecule has 78 valence electrons. The van der Waals surface area contributed by atoms with Crippen LogP contribution < -0.4 is 11.1 Å². The zero-order valence-electron chi connectivity index (χ0n) is 8.37. The number of amides is 1. The van der Waals surface area contributed by atoms with E-state index in [0.29, 0.717) is 18.8 Å². The second-order valence-electron chi connectivity index (χ2n) is 3.16. The number of rotatable bonds is 4. The topological polar surface area (TPSA) is 87.0 Å². The van der Waals surface area contributed by atoms with Crippen molar-refractivity contribution in [3.05, 3.63) is 6.20 Å². The van der Waals surface area contributed by atoms with Crippen molar-refractivity contribution < 1.29 is 4.79 Å². The third-order valence-electron chi connectivity index (χ3n) is 1.82. The van der Waals surface area contributed by atoms with Gasteiger partial charge in [0.05, 0.1) is 11.9 Å². The van der Waals surface area contributed by atoms with Gasteiger partial charge in [0.1, 0.15) is 5.82 Å². The summed E-state index contributed by atoms with van der Waals surface area (Å²) in [5.74, 6) is 0.571. The second kappa shape index (κ2) is 4.50. The first-order chi connectivity index (χ1) is 6.61. The van der Waals surface area contributed by atoms with E-state index in [0.717, 1.165) is 5.69 Å². The summed E-state index contributed by atoms with van der Waals surface area (Å²) in [6.45, 7) is 0.556. The van der Waals surface area contributed by atoms with Crippen molar-refractivity contribution in [2.75, 3.05) is 31.7 Å². The molecule has 14 heavy (non-hydrogen) atoms. The number of nitrogen functional groups attached to an aromatic ring is 1. The van der Waals surface area contributed by atoms with E-state index >= 15 is 0 Å². The Kier molecular flexibility index (Phi) is 3.33. The highest BCUT2D eigenvalue weighted by Crippen LogP contribution is 2.12. The van der Waals surface area contributed by atoms with Crippen molar-refractivity contribution in [3.8, 4) is 0 Å². The molecule has 4 N–H and O–H groups in total. The van der Waals surface area contributed by atoms with E-state index in [9.17, 15) is 4.79 Å².